The maximum absolute atomic E-state index is 5.42. The van der Waals surface area contributed by atoms with Gasteiger partial charge in [0.1, 0.15) is 22.6 Å². The van der Waals surface area contributed by atoms with E-state index in [4.69, 9.17) is 49.9 Å². The zero-order valence-corrected chi connectivity index (χ0v) is 42.2. The summed E-state index contributed by atoms with van der Waals surface area (Å²) in [7, 11) is 0. The lowest BCUT2D eigenvalue weighted by Gasteiger charge is -2.40. The van der Waals surface area contributed by atoms with E-state index < -0.39 is 5.91 Å². The van der Waals surface area contributed by atoms with E-state index in [-0.39, 0.29) is 0 Å². The lowest BCUT2D eigenvalue weighted by Crippen LogP contribution is -2.71. The lowest BCUT2D eigenvalue weighted by atomic mass is 10.1. The van der Waals surface area contributed by atoms with Gasteiger partial charge >= 0.3 is 5.91 Å². The normalized spacial score (nSPS) is 15.3. The second kappa shape index (κ2) is 14.5. The maximum atomic E-state index is 5.42. The van der Waals surface area contributed by atoms with Gasteiger partial charge in [0.05, 0.1) is 22.3 Å². The average Bonchev–Trinajstić information content (AvgIpc) is 2.25. The van der Waals surface area contributed by atoms with Gasteiger partial charge in [-0.25, -0.2) is 29.9 Å². The smallest absolute Gasteiger partial charge is 0.324 e. The molecule has 8 aromatic carbocycles. The predicted molar refractivity (Wildman–Crippen MR) is 310 cm³/mol. The predicted octanol–water partition coefficient (Wildman–Crippen LogP) is 10.6. The molecule has 0 amide bonds. The van der Waals surface area contributed by atoms with Gasteiger partial charge < -0.3 is 9.97 Å². The van der Waals surface area contributed by atoms with E-state index in [0.29, 0.717) is 45.9 Å². The Hall–Kier alpha value is -11.5. The van der Waals surface area contributed by atoms with Gasteiger partial charge in [-0.2, -0.15) is 9.13 Å². The van der Waals surface area contributed by atoms with Crippen LogP contribution in [-0.4, -0.2) is 81.5 Å². The summed E-state index contributed by atoms with van der Waals surface area (Å²) in [6.07, 6.45) is 0. The van der Waals surface area contributed by atoms with Gasteiger partial charge in [-0.15, -0.1) is 9.15 Å². The van der Waals surface area contributed by atoms with Crippen LogP contribution in [0.5, 0.6) is 0 Å². The Bertz CT molecular complexity index is 5190. The number of benzene rings is 8. The summed E-state index contributed by atoms with van der Waals surface area (Å²) in [5.41, 5.74) is 12.6. The molecule has 8 bridgehead atoms. The number of hydrogen-bond donors (Lipinski definition) is 2. The fourth-order valence-corrected chi connectivity index (χ4v) is 13.5. The molecule has 2 N–H and O–H groups in total. The molecule has 16 nitrogen and oxygen atoms in total. The van der Waals surface area contributed by atoms with Crippen molar-refractivity contribution in [1.29, 1.82) is 0 Å². The molecule has 372 valence electrons. The number of aromatic nitrogens is 10. The number of hydrogen-bond acceptors (Lipinski definition) is 10. The molecular formula is C65H34N16+2. The van der Waals surface area contributed by atoms with Crippen LogP contribution in [-0.2, 0) is 5.91 Å². The first-order valence-corrected chi connectivity index (χ1v) is 26.8. The Kier molecular flexibility index (Phi) is 7.47. The first-order chi connectivity index (χ1) is 40.2. The third-order valence-corrected chi connectivity index (χ3v) is 16.8. The molecule has 0 radical (unpaired) electrons. The topological polar surface area (TPSA) is 174 Å². The molecule has 13 heterocycles. The van der Waals surface area contributed by atoms with Crippen LogP contribution in [0.2, 0.25) is 0 Å². The molecule has 0 atom stereocenters. The van der Waals surface area contributed by atoms with Crippen LogP contribution in [0.25, 0.3) is 111 Å². The number of aliphatic imine (C=N–C) groups is 2. The molecule has 21 rings (SSSR count). The molecule has 16 heteroatoms. The Labute approximate surface area is 455 Å². The number of H-pyrrole nitrogens is 2. The van der Waals surface area contributed by atoms with E-state index in [1.807, 2.05) is 97.1 Å². The van der Waals surface area contributed by atoms with E-state index in [1.54, 1.807) is 0 Å². The second-order valence-electron chi connectivity index (χ2n) is 21.0. The van der Waals surface area contributed by atoms with Crippen molar-refractivity contribution in [3.8, 4) is 45.6 Å². The SMILES string of the molecule is c1ccc2c(c1)-c1nc-2nc2[nH]c(nc3nc(nc4[nH]c(n1)c1ccccc41)-c1ccccc1-3)c1ccccc21.c1ccc2c(c1)C1=Nc3c4ccccc4c4n3C35n6c(c7ccccc7c6=NC6=[N+]3C(=N4)c3ccccc36)=NC2=[N+]15. The number of aromatic amines is 2. The molecule has 0 aliphatic carbocycles. The molecule has 81 heavy (non-hydrogen) atoms. The van der Waals surface area contributed by atoms with Gasteiger partial charge in [0, 0.05) is 65.3 Å². The highest BCUT2D eigenvalue weighted by molar-refractivity contribution is 6.20. The van der Waals surface area contributed by atoms with Crippen molar-refractivity contribution in [2.24, 2.45) is 20.0 Å². The minimum Gasteiger partial charge on any atom is -0.324 e. The van der Waals surface area contributed by atoms with Gasteiger partial charge in [0.25, 0.3) is 23.3 Å². The molecule has 8 aliphatic heterocycles. The third-order valence-electron chi connectivity index (χ3n) is 16.8. The highest BCUT2D eigenvalue weighted by Gasteiger charge is 2.69. The Morgan fingerprint density at radius 3 is 0.938 bits per heavy atom. The van der Waals surface area contributed by atoms with Crippen molar-refractivity contribution in [2.75, 3.05) is 0 Å². The number of nitrogens with one attached hydrogen (secondary N) is 2. The Balaban J connectivity index is 0.000000118. The van der Waals surface area contributed by atoms with E-state index in [1.165, 1.54) is 0 Å². The monoisotopic (exact) mass is 1040 g/mol. The summed E-state index contributed by atoms with van der Waals surface area (Å²) >= 11 is 0. The lowest BCUT2D eigenvalue weighted by molar-refractivity contribution is -0.790. The van der Waals surface area contributed by atoms with Crippen LogP contribution in [0.4, 0.5) is 11.6 Å². The fourth-order valence-electron chi connectivity index (χ4n) is 13.5. The Morgan fingerprint density at radius 2 is 0.580 bits per heavy atom. The molecule has 1 spiro atoms. The largest absolute Gasteiger partial charge is 0.404 e. The van der Waals surface area contributed by atoms with Crippen molar-refractivity contribution in [1.82, 2.24) is 49.0 Å². The number of nitrogens with zero attached hydrogens (tertiary/aromatic N) is 14. The van der Waals surface area contributed by atoms with Crippen molar-refractivity contribution >= 4 is 101 Å². The molecule has 13 aromatic rings. The van der Waals surface area contributed by atoms with Crippen molar-refractivity contribution in [2.45, 2.75) is 5.91 Å². The van der Waals surface area contributed by atoms with Crippen LogP contribution in [0.1, 0.15) is 22.3 Å². The molecule has 0 unspecified atom stereocenters. The summed E-state index contributed by atoms with van der Waals surface area (Å²) in [5.74, 6) is 6.85. The number of fused-ring (bicyclic) bond motifs is 32. The zero-order chi connectivity index (χ0) is 52.4. The third kappa shape index (κ3) is 5.06. The Morgan fingerprint density at radius 1 is 0.284 bits per heavy atom. The van der Waals surface area contributed by atoms with Crippen LogP contribution in [0, 0.1) is 0 Å². The van der Waals surface area contributed by atoms with E-state index in [2.05, 4.69) is 125 Å². The van der Waals surface area contributed by atoms with Crippen LogP contribution >= 0.6 is 0 Å². The number of amidine groups is 4. The summed E-state index contributed by atoms with van der Waals surface area (Å²) in [5, 5.41) is 8.15. The highest BCUT2D eigenvalue weighted by atomic mass is 15.7. The standard InChI is InChI=1S/C33H16N8.C32H18N8/c1-2-10-18-17(9-1)25-34-27-19-11-3-4-12-20(19)29-36-31-23-15-7-8-16-24(23)32-37-30-22-14-6-5-13-21(22)28-35-26(18)38(25)33(39(27)29,40(28)30)41(31)32;1-2-10-18-17(9-1)25-33-26(18)38-28-21-13-5-6-14-22(21)30(35-28)40-32-24-16-8-7-15-23(24)31(36-32)39-29-20-12-4-3-11-19(20)27(34-29)37-25/h1-16H;1-16H,(H2,33,34,35,36,37,38,39,40)/q+2;. The summed E-state index contributed by atoms with van der Waals surface area (Å²) < 4.78 is 9.32. The zero-order valence-electron chi connectivity index (χ0n) is 42.2. The second-order valence-corrected chi connectivity index (χ2v) is 21.0. The minimum absolute atomic E-state index is 0.597. The van der Waals surface area contributed by atoms with E-state index in [9.17, 15) is 0 Å². The summed E-state index contributed by atoms with van der Waals surface area (Å²) in [4.78, 5) is 58.4. The van der Waals surface area contributed by atoms with Crippen LogP contribution in [0.15, 0.2) is 214 Å². The first kappa shape index (κ1) is 41.6. The molecule has 0 saturated carbocycles. The summed E-state index contributed by atoms with van der Waals surface area (Å²) in [6.45, 7) is 0. The molecule has 8 aliphatic rings. The fraction of sp³-hybridized carbons (Fsp3) is 0.0154. The molecule has 0 fully saturated rings. The minimum atomic E-state index is -0.923. The van der Waals surface area contributed by atoms with Gasteiger partial charge in [-0.3, -0.25) is 0 Å². The average molecular weight is 1040 g/mol. The maximum Gasteiger partial charge on any atom is 0.404 e. The van der Waals surface area contributed by atoms with E-state index in [0.717, 1.165) is 134 Å². The van der Waals surface area contributed by atoms with Crippen molar-refractivity contribution in [3.63, 3.8) is 0 Å². The van der Waals surface area contributed by atoms with Crippen molar-refractivity contribution < 1.29 is 9.15 Å². The molecule has 0 saturated heterocycles. The first-order valence-electron chi connectivity index (χ1n) is 26.8. The van der Waals surface area contributed by atoms with Gasteiger partial charge in [0.2, 0.25) is 22.6 Å². The van der Waals surface area contributed by atoms with Gasteiger partial charge in [-0.1, -0.05) is 166 Å². The molecule has 5 aromatic heterocycles. The van der Waals surface area contributed by atoms with Gasteiger partial charge in [-0.05, 0) is 48.5 Å². The molecular weight excluding hydrogens is 1000 g/mol. The van der Waals surface area contributed by atoms with Crippen LogP contribution < -0.4 is 11.0 Å². The van der Waals surface area contributed by atoms with Gasteiger partial charge in [0.15, 0.2) is 23.3 Å². The van der Waals surface area contributed by atoms with E-state index >= 15 is 0 Å². The quantitative estimate of drug-likeness (QED) is 0.143. The summed E-state index contributed by atoms with van der Waals surface area (Å²) in [6, 6.07) is 66.2. The van der Waals surface area contributed by atoms with Crippen molar-refractivity contribution in [3.05, 3.63) is 227 Å². The number of rotatable bonds is 0. The van der Waals surface area contributed by atoms with Crippen LogP contribution in [0.3, 0.4) is 0 Å². The highest BCUT2D eigenvalue weighted by Crippen LogP contribution is 2.52.